The number of hydrogen-bond acceptors (Lipinski definition) is 2. The fourth-order valence-corrected chi connectivity index (χ4v) is 2.50. The van der Waals surface area contributed by atoms with Crippen molar-refractivity contribution in [2.75, 3.05) is 0 Å². The molecule has 0 radical (unpaired) electrons. The van der Waals surface area contributed by atoms with E-state index in [9.17, 15) is 4.79 Å². The van der Waals surface area contributed by atoms with Crippen molar-refractivity contribution in [3.63, 3.8) is 0 Å². The van der Waals surface area contributed by atoms with E-state index in [2.05, 4.69) is 19.1 Å². The van der Waals surface area contributed by atoms with Gasteiger partial charge in [0.05, 0.1) is 0 Å². The van der Waals surface area contributed by atoms with E-state index in [0.29, 0.717) is 18.3 Å². The van der Waals surface area contributed by atoms with Crippen LogP contribution in [0.5, 0.6) is 0 Å². The van der Waals surface area contributed by atoms with Crippen LogP contribution in [0.4, 0.5) is 0 Å². The zero-order chi connectivity index (χ0) is 9.47. The van der Waals surface area contributed by atoms with Gasteiger partial charge in [-0.15, -0.1) is 0 Å². The summed E-state index contributed by atoms with van der Waals surface area (Å²) < 4.78 is 5.49. The maximum atomic E-state index is 11.2. The van der Waals surface area contributed by atoms with Gasteiger partial charge in [0.15, 0.2) is 0 Å². The lowest BCUT2D eigenvalue weighted by atomic mass is 9.90. The molecule has 1 saturated carbocycles. The summed E-state index contributed by atoms with van der Waals surface area (Å²) in [6, 6.07) is 0. The topological polar surface area (TPSA) is 26.3 Å². The molecule has 0 aromatic rings. The minimum atomic E-state index is -0.202. The van der Waals surface area contributed by atoms with Crippen molar-refractivity contribution in [2.24, 2.45) is 11.8 Å². The van der Waals surface area contributed by atoms with Crippen molar-refractivity contribution in [3.8, 4) is 0 Å². The second-order valence-electron chi connectivity index (χ2n) is 4.33. The van der Waals surface area contributed by atoms with Crippen molar-refractivity contribution in [2.45, 2.75) is 38.7 Å². The summed E-state index contributed by atoms with van der Waals surface area (Å²) >= 11 is 0. The third kappa shape index (κ3) is 1.38. The molecule has 0 aromatic carbocycles. The Kier molecular flexibility index (Phi) is 1.94. The number of hydrogen-bond donors (Lipinski definition) is 0. The monoisotopic (exact) mass is 180 g/mol. The second-order valence-corrected chi connectivity index (χ2v) is 4.33. The highest BCUT2D eigenvalue weighted by Crippen LogP contribution is 2.48. The molecule has 0 spiro atoms. The summed E-state index contributed by atoms with van der Waals surface area (Å²) in [6.07, 6.45) is 7.13. The smallest absolute Gasteiger partial charge is 0.306 e. The van der Waals surface area contributed by atoms with Crippen LogP contribution in [0.15, 0.2) is 12.2 Å². The minimum Gasteiger partial charge on any atom is -0.459 e. The molecule has 2 rings (SSSR count). The molecule has 0 aliphatic heterocycles. The van der Waals surface area contributed by atoms with Crippen LogP contribution in [-0.4, -0.2) is 11.6 Å². The molecule has 2 bridgehead atoms. The predicted molar refractivity (Wildman–Crippen MR) is 50.1 cm³/mol. The van der Waals surface area contributed by atoms with Gasteiger partial charge in [0, 0.05) is 12.3 Å². The van der Waals surface area contributed by atoms with Gasteiger partial charge < -0.3 is 4.74 Å². The van der Waals surface area contributed by atoms with Crippen molar-refractivity contribution in [1.29, 1.82) is 0 Å². The van der Waals surface area contributed by atoms with Gasteiger partial charge in [-0.3, -0.25) is 4.79 Å². The van der Waals surface area contributed by atoms with Crippen molar-refractivity contribution < 1.29 is 9.53 Å². The van der Waals surface area contributed by atoms with E-state index in [1.54, 1.807) is 0 Å². The Morgan fingerprint density at radius 3 is 2.85 bits per heavy atom. The Hall–Kier alpha value is -0.790. The van der Waals surface area contributed by atoms with Crippen LogP contribution in [0.1, 0.15) is 33.1 Å². The Labute approximate surface area is 79.0 Å². The fraction of sp³-hybridized carbons (Fsp3) is 0.727. The Morgan fingerprint density at radius 1 is 1.62 bits per heavy atom. The number of fused-ring (bicyclic) bond motifs is 2. The van der Waals surface area contributed by atoms with Crippen molar-refractivity contribution >= 4 is 5.97 Å². The summed E-state index contributed by atoms with van der Waals surface area (Å²) in [4.78, 5) is 11.2. The van der Waals surface area contributed by atoms with Crippen molar-refractivity contribution in [1.82, 2.24) is 0 Å². The molecule has 2 heteroatoms. The van der Waals surface area contributed by atoms with Gasteiger partial charge in [0.1, 0.15) is 5.60 Å². The molecule has 0 aromatic heterocycles. The van der Waals surface area contributed by atoms with Crippen LogP contribution in [0.2, 0.25) is 0 Å². The number of carbonyl (C=O) groups is 1. The van der Waals surface area contributed by atoms with E-state index in [4.69, 9.17) is 4.74 Å². The Balaban J connectivity index is 2.06. The number of ether oxygens (including phenoxy) is 1. The first-order chi connectivity index (χ1) is 6.14. The van der Waals surface area contributed by atoms with Crippen LogP contribution in [0.3, 0.4) is 0 Å². The van der Waals surface area contributed by atoms with E-state index < -0.39 is 0 Å². The molecular formula is C11H16O2. The zero-order valence-electron chi connectivity index (χ0n) is 8.25. The molecule has 1 fully saturated rings. The van der Waals surface area contributed by atoms with E-state index >= 15 is 0 Å². The molecule has 0 saturated heterocycles. The number of carbonyl (C=O) groups excluding carboxylic acids is 1. The molecular weight excluding hydrogens is 164 g/mol. The highest BCUT2D eigenvalue weighted by Gasteiger charge is 2.47. The summed E-state index contributed by atoms with van der Waals surface area (Å²) in [5.74, 6) is 1.05. The Morgan fingerprint density at radius 2 is 2.38 bits per heavy atom. The average molecular weight is 180 g/mol. The number of rotatable bonds is 2. The highest BCUT2D eigenvalue weighted by atomic mass is 16.6. The molecule has 2 aliphatic rings. The van der Waals surface area contributed by atoms with Crippen LogP contribution >= 0.6 is 0 Å². The van der Waals surface area contributed by atoms with Crippen molar-refractivity contribution in [3.05, 3.63) is 12.2 Å². The standard InChI is InChI=1S/C11H16O2/c1-3-10(12)13-11(2)7-8-4-5-9(11)6-8/h4-5,8-9H,3,6-7H2,1-2H3. The molecule has 0 N–H and O–H groups in total. The second kappa shape index (κ2) is 2.86. The molecule has 3 unspecified atom stereocenters. The summed E-state index contributed by atoms with van der Waals surface area (Å²) in [7, 11) is 0. The average Bonchev–Trinajstić information content (AvgIpc) is 2.62. The van der Waals surface area contributed by atoms with Gasteiger partial charge in [-0.05, 0) is 25.7 Å². The maximum Gasteiger partial charge on any atom is 0.306 e. The van der Waals surface area contributed by atoms with Gasteiger partial charge in [-0.25, -0.2) is 0 Å². The van der Waals surface area contributed by atoms with E-state index in [1.807, 2.05) is 6.92 Å². The van der Waals surface area contributed by atoms with Crippen LogP contribution in [0.25, 0.3) is 0 Å². The first-order valence-electron chi connectivity index (χ1n) is 5.04. The summed E-state index contributed by atoms with van der Waals surface area (Å²) in [5.41, 5.74) is -0.202. The summed E-state index contributed by atoms with van der Waals surface area (Å²) in [5, 5.41) is 0. The van der Waals surface area contributed by atoms with E-state index in [1.165, 1.54) is 6.42 Å². The maximum absolute atomic E-state index is 11.2. The highest BCUT2D eigenvalue weighted by molar-refractivity contribution is 5.69. The number of esters is 1. The van der Waals surface area contributed by atoms with Gasteiger partial charge in [0.25, 0.3) is 0 Å². The Bertz CT molecular complexity index is 257. The molecule has 13 heavy (non-hydrogen) atoms. The first-order valence-corrected chi connectivity index (χ1v) is 5.04. The van der Waals surface area contributed by atoms with E-state index in [-0.39, 0.29) is 11.6 Å². The quantitative estimate of drug-likeness (QED) is 0.481. The summed E-state index contributed by atoms with van der Waals surface area (Å²) in [6.45, 7) is 3.91. The molecule has 2 nitrogen and oxygen atoms in total. The third-order valence-corrected chi connectivity index (χ3v) is 3.26. The molecule has 0 amide bonds. The van der Waals surface area contributed by atoms with Gasteiger partial charge in [-0.2, -0.15) is 0 Å². The van der Waals surface area contributed by atoms with Gasteiger partial charge >= 0.3 is 5.97 Å². The zero-order valence-corrected chi connectivity index (χ0v) is 8.25. The van der Waals surface area contributed by atoms with Gasteiger partial charge in [-0.1, -0.05) is 19.1 Å². The predicted octanol–water partition coefficient (Wildman–Crippen LogP) is 2.29. The third-order valence-electron chi connectivity index (χ3n) is 3.26. The number of allylic oxidation sites excluding steroid dienone is 1. The molecule has 72 valence electrons. The lowest BCUT2D eigenvalue weighted by Gasteiger charge is -2.31. The SMILES string of the molecule is CCC(=O)OC1(C)CC2C=CC1C2. The fourth-order valence-electron chi connectivity index (χ4n) is 2.50. The van der Waals surface area contributed by atoms with Crippen LogP contribution in [-0.2, 0) is 9.53 Å². The lowest BCUT2D eigenvalue weighted by molar-refractivity contribution is -0.160. The van der Waals surface area contributed by atoms with Gasteiger partial charge in [0.2, 0.25) is 0 Å². The lowest BCUT2D eigenvalue weighted by Crippen LogP contribution is -2.35. The molecule has 0 heterocycles. The van der Waals surface area contributed by atoms with Crippen LogP contribution in [0, 0.1) is 11.8 Å². The minimum absolute atomic E-state index is 0.0662. The van der Waals surface area contributed by atoms with Crippen LogP contribution < -0.4 is 0 Å². The molecule has 2 aliphatic carbocycles. The normalized spacial score (nSPS) is 41.1. The largest absolute Gasteiger partial charge is 0.459 e. The molecule has 3 atom stereocenters. The van der Waals surface area contributed by atoms with E-state index in [0.717, 1.165) is 6.42 Å². The first kappa shape index (κ1) is 8.79.